The van der Waals surface area contributed by atoms with Crippen molar-refractivity contribution in [1.29, 1.82) is 0 Å². The third-order valence-corrected chi connectivity index (χ3v) is 14.3. The van der Waals surface area contributed by atoms with Gasteiger partial charge in [-0.1, -0.05) is 92.8 Å². The molecule has 340 valence electrons. The summed E-state index contributed by atoms with van der Waals surface area (Å²) in [7, 11) is 0. The molecule has 7 aromatic carbocycles. The van der Waals surface area contributed by atoms with Crippen LogP contribution in [-0.4, -0.2) is 23.6 Å². The van der Waals surface area contributed by atoms with Gasteiger partial charge in [0.25, 0.3) is 23.6 Å². The lowest BCUT2D eigenvalue weighted by molar-refractivity contribution is -0.144. The second-order valence-electron chi connectivity index (χ2n) is 14.4. The zero-order valence-electron chi connectivity index (χ0n) is 30.6. The van der Waals surface area contributed by atoms with E-state index in [9.17, 15) is 71.9 Å². The van der Waals surface area contributed by atoms with Crippen molar-refractivity contribution in [3.8, 4) is 0 Å². The van der Waals surface area contributed by atoms with Crippen LogP contribution in [-0.2, 0) is 24.7 Å². The molecule has 2 heterocycles. The summed E-state index contributed by atoms with van der Waals surface area (Å²) in [5.41, 5.74) is -13.5. The molecular formula is C40H6Cl8F12N2O4. The molecule has 0 bridgehead atoms. The van der Waals surface area contributed by atoms with Crippen LogP contribution in [0.4, 0.5) is 64.1 Å². The highest BCUT2D eigenvalue weighted by molar-refractivity contribution is 6.64. The van der Waals surface area contributed by atoms with Crippen molar-refractivity contribution in [3.05, 3.63) is 121 Å². The number of imide groups is 2. The fourth-order valence-corrected chi connectivity index (χ4v) is 10.4. The van der Waals surface area contributed by atoms with Crippen molar-refractivity contribution in [3.63, 3.8) is 0 Å². The van der Waals surface area contributed by atoms with Crippen LogP contribution >= 0.6 is 92.8 Å². The number of hydrogen-bond donors (Lipinski definition) is 0. The number of carbonyl (C=O) groups excluding carboxylic acids is 4. The zero-order valence-corrected chi connectivity index (χ0v) is 36.6. The Labute approximate surface area is 396 Å². The quantitative estimate of drug-likeness (QED) is 0.0748. The number of carbonyl (C=O) groups is 4. The van der Waals surface area contributed by atoms with E-state index in [-0.39, 0.29) is 46.2 Å². The van der Waals surface area contributed by atoms with Gasteiger partial charge in [0.05, 0.1) is 96.1 Å². The predicted octanol–water partition coefficient (Wildman–Crippen LogP) is 16.6. The monoisotopic (exact) mass is 1090 g/mol. The van der Waals surface area contributed by atoms with Crippen molar-refractivity contribution < 1.29 is 71.9 Å². The first-order chi connectivity index (χ1) is 30.3. The second kappa shape index (κ2) is 14.6. The molecule has 4 amide bonds. The van der Waals surface area contributed by atoms with E-state index >= 15 is 0 Å². The molecule has 0 radical (unpaired) electrons. The fraction of sp³-hybridized carbons (Fsp3) is 0.100. The Hall–Kier alpha value is -4.40. The van der Waals surface area contributed by atoms with E-state index < -0.39 is 187 Å². The summed E-state index contributed by atoms with van der Waals surface area (Å²) in [4.78, 5) is 57.6. The minimum atomic E-state index is -5.45. The number of amides is 4. The molecule has 0 aromatic heterocycles. The zero-order chi connectivity index (χ0) is 48.7. The van der Waals surface area contributed by atoms with Gasteiger partial charge in [0.2, 0.25) is 0 Å². The number of anilines is 2. The molecule has 0 N–H and O–H groups in total. The van der Waals surface area contributed by atoms with E-state index in [1.807, 2.05) is 0 Å². The SMILES string of the molecule is O=C1c2c(Cl)c(Cl)c3c4c(Cl)c(Cl)c5c6c(c(Cl)c(Cl)c(c7c(Cl)c(Cl)c(c2c37)C(=O)N1c1cc(C(F)(F)F)cc(C(F)(F)F)c1)c64)C(=O)N(c1cc(C(F)(F)F)cc(C(F)(F)F)c1)C5=O. The lowest BCUT2D eigenvalue weighted by Crippen LogP contribution is -2.41. The summed E-state index contributed by atoms with van der Waals surface area (Å²) >= 11 is 54.5. The molecule has 0 spiro atoms. The summed E-state index contributed by atoms with van der Waals surface area (Å²) < 4.78 is 168. The van der Waals surface area contributed by atoms with Gasteiger partial charge in [-0.2, -0.15) is 52.7 Å². The van der Waals surface area contributed by atoms with Gasteiger partial charge in [-0.3, -0.25) is 19.2 Å². The molecule has 0 fully saturated rings. The minimum absolute atomic E-state index is 0.0743. The van der Waals surface area contributed by atoms with Crippen molar-refractivity contribution in [2.75, 3.05) is 9.80 Å². The van der Waals surface area contributed by atoms with E-state index in [0.29, 0.717) is 0 Å². The van der Waals surface area contributed by atoms with Crippen LogP contribution in [0.1, 0.15) is 63.7 Å². The fourth-order valence-electron chi connectivity index (χ4n) is 8.23. The third-order valence-electron chi connectivity index (χ3n) is 10.9. The Balaban J connectivity index is 1.41. The molecule has 0 saturated heterocycles. The molecule has 0 aliphatic carbocycles. The average molecular weight is 1090 g/mol. The van der Waals surface area contributed by atoms with Gasteiger partial charge in [0, 0.05) is 43.1 Å². The number of hydrogen-bond acceptors (Lipinski definition) is 4. The Bertz CT molecular complexity index is 3080. The highest BCUT2D eigenvalue weighted by atomic mass is 35.5. The van der Waals surface area contributed by atoms with Gasteiger partial charge < -0.3 is 0 Å². The summed E-state index contributed by atoms with van der Waals surface area (Å²) in [5, 5.41) is -9.74. The average Bonchev–Trinajstić information content (AvgIpc) is 3.20. The molecule has 26 heteroatoms. The standard InChI is InChI=1S/C40H6Cl8F12N2O4/c41-25-17-13-15-21(29(25)45)33(63)61(11-3-7(37(49,50)51)1-8(4-11)38(52,53)54)34(64)22(15)30(46)26(42)18(13)20-14-16-23(31(47)27(43)19(14)17)35(65)62(36(66)24(16)32(48)28(20)44)12-5-9(39(55,56)57)2-10(6-12)40(58,59)60/h1-6H. The number of benzene rings is 7. The first kappa shape index (κ1) is 46.7. The lowest BCUT2D eigenvalue weighted by Gasteiger charge is -2.33. The Morgan fingerprint density at radius 3 is 0.667 bits per heavy atom. The van der Waals surface area contributed by atoms with Gasteiger partial charge in [0.15, 0.2) is 0 Å². The summed E-state index contributed by atoms with van der Waals surface area (Å²) in [5.74, 6) is -6.53. The summed E-state index contributed by atoms with van der Waals surface area (Å²) in [6.45, 7) is 0. The van der Waals surface area contributed by atoms with E-state index in [1.54, 1.807) is 0 Å². The minimum Gasteiger partial charge on any atom is -0.268 e. The molecule has 0 saturated carbocycles. The van der Waals surface area contributed by atoms with E-state index in [4.69, 9.17) is 92.8 Å². The number of alkyl halides is 12. The van der Waals surface area contributed by atoms with Crippen molar-refractivity contribution in [1.82, 2.24) is 0 Å². The predicted molar refractivity (Wildman–Crippen MR) is 223 cm³/mol. The van der Waals surface area contributed by atoms with E-state index in [1.165, 1.54) is 0 Å². The van der Waals surface area contributed by atoms with Crippen LogP contribution in [0.5, 0.6) is 0 Å². The maximum absolute atomic E-state index is 14.4. The van der Waals surface area contributed by atoms with Crippen LogP contribution < -0.4 is 9.80 Å². The lowest BCUT2D eigenvalue weighted by atomic mass is 9.81. The smallest absolute Gasteiger partial charge is 0.268 e. The molecular weight excluding hydrogens is 1080 g/mol. The highest BCUT2D eigenvalue weighted by Gasteiger charge is 2.47. The Kier molecular flexibility index (Phi) is 10.3. The van der Waals surface area contributed by atoms with E-state index in [0.717, 1.165) is 0 Å². The van der Waals surface area contributed by atoms with Gasteiger partial charge in [0.1, 0.15) is 0 Å². The molecule has 0 unspecified atom stereocenters. The van der Waals surface area contributed by atoms with Crippen LogP contribution in [0.15, 0.2) is 36.4 Å². The van der Waals surface area contributed by atoms with Crippen LogP contribution in [0, 0.1) is 0 Å². The molecule has 6 nitrogen and oxygen atoms in total. The summed E-state index contributed by atoms with van der Waals surface area (Å²) in [6.07, 6.45) is -21.8. The Morgan fingerprint density at radius 2 is 0.485 bits per heavy atom. The third kappa shape index (κ3) is 6.34. The van der Waals surface area contributed by atoms with Crippen molar-refractivity contribution in [2.24, 2.45) is 0 Å². The largest absolute Gasteiger partial charge is 0.416 e. The molecule has 0 atom stereocenters. The first-order valence-corrected chi connectivity index (χ1v) is 20.4. The van der Waals surface area contributed by atoms with E-state index in [2.05, 4.69) is 0 Å². The van der Waals surface area contributed by atoms with Gasteiger partial charge >= 0.3 is 24.7 Å². The van der Waals surface area contributed by atoms with Crippen LogP contribution in [0.3, 0.4) is 0 Å². The number of halogens is 20. The molecule has 2 aliphatic rings. The number of fused-ring (bicyclic) bond motifs is 2. The van der Waals surface area contributed by atoms with Crippen molar-refractivity contribution >= 4 is 171 Å². The molecule has 7 aromatic rings. The van der Waals surface area contributed by atoms with Crippen LogP contribution in [0.2, 0.25) is 40.2 Å². The van der Waals surface area contributed by atoms with Crippen LogP contribution in [0.25, 0.3) is 43.1 Å². The van der Waals surface area contributed by atoms with Gasteiger partial charge in [-0.15, -0.1) is 0 Å². The molecule has 9 rings (SSSR count). The topological polar surface area (TPSA) is 74.8 Å². The normalized spacial score (nSPS) is 15.0. The van der Waals surface area contributed by atoms with Crippen molar-refractivity contribution in [2.45, 2.75) is 24.7 Å². The Morgan fingerprint density at radius 1 is 0.288 bits per heavy atom. The molecule has 66 heavy (non-hydrogen) atoms. The van der Waals surface area contributed by atoms with Gasteiger partial charge in [-0.05, 0) is 36.4 Å². The second-order valence-corrected chi connectivity index (χ2v) is 17.5. The number of nitrogens with zero attached hydrogens (tertiary/aromatic N) is 2. The number of rotatable bonds is 2. The van der Waals surface area contributed by atoms with Gasteiger partial charge in [-0.25, -0.2) is 9.80 Å². The maximum Gasteiger partial charge on any atom is 0.416 e. The maximum atomic E-state index is 14.4. The molecule has 2 aliphatic heterocycles. The highest BCUT2D eigenvalue weighted by Crippen LogP contribution is 2.60. The summed E-state index contributed by atoms with van der Waals surface area (Å²) in [6, 6.07) is -0.210. The first-order valence-electron chi connectivity index (χ1n) is 17.4.